The minimum absolute atomic E-state index is 0.151. The average molecular weight is 501 g/mol. The smallest absolute Gasteiger partial charge is 0.251 e. The predicted octanol–water partition coefficient (Wildman–Crippen LogP) is 4.95. The van der Waals surface area contributed by atoms with Gasteiger partial charge in [-0.3, -0.25) is 9.10 Å². The van der Waals surface area contributed by atoms with E-state index in [1.165, 1.54) is 16.1 Å². The molecule has 3 rings (SSSR count). The first-order valence-corrected chi connectivity index (χ1v) is 12.5. The van der Waals surface area contributed by atoms with Crippen LogP contribution >= 0.6 is 15.9 Å². The number of sulfonamides is 1. The van der Waals surface area contributed by atoms with E-state index in [9.17, 15) is 13.2 Å². The first-order chi connectivity index (χ1) is 14.7. The van der Waals surface area contributed by atoms with E-state index in [1.54, 1.807) is 48.5 Å². The van der Waals surface area contributed by atoms with Crippen molar-refractivity contribution in [2.24, 2.45) is 0 Å². The van der Waals surface area contributed by atoms with Gasteiger partial charge >= 0.3 is 0 Å². The first kappa shape index (κ1) is 23.0. The molecule has 0 spiro atoms. The second-order valence-corrected chi connectivity index (χ2v) is 10.3. The number of hydrogen-bond donors (Lipinski definition) is 1. The highest BCUT2D eigenvalue weighted by atomic mass is 79.9. The Balaban J connectivity index is 1.65. The summed E-state index contributed by atoms with van der Waals surface area (Å²) in [6, 6.07) is 24.2. The van der Waals surface area contributed by atoms with Gasteiger partial charge in [0.2, 0.25) is 10.0 Å². The van der Waals surface area contributed by atoms with Crippen molar-refractivity contribution < 1.29 is 13.2 Å². The van der Waals surface area contributed by atoms with E-state index in [1.807, 2.05) is 30.3 Å². The van der Waals surface area contributed by atoms with Crippen LogP contribution in [0.3, 0.4) is 0 Å². The molecule has 0 bridgehead atoms. The number of carbonyl (C=O) groups is 1. The summed E-state index contributed by atoms with van der Waals surface area (Å²) in [6.07, 6.45) is 1.19. The van der Waals surface area contributed by atoms with Gasteiger partial charge in [-0.25, -0.2) is 8.42 Å². The summed E-state index contributed by atoms with van der Waals surface area (Å²) < 4.78 is 26.8. The average Bonchev–Trinajstić information content (AvgIpc) is 2.76. The number of rotatable bonds is 8. The molecule has 0 saturated carbocycles. The highest BCUT2D eigenvalue weighted by molar-refractivity contribution is 9.10. The van der Waals surface area contributed by atoms with E-state index in [2.05, 4.69) is 28.2 Å². The van der Waals surface area contributed by atoms with Gasteiger partial charge in [0.1, 0.15) is 0 Å². The molecule has 7 heteroatoms. The zero-order valence-corrected chi connectivity index (χ0v) is 19.9. The monoisotopic (exact) mass is 500 g/mol. The Morgan fingerprint density at radius 2 is 1.58 bits per heavy atom. The highest BCUT2D eigenvalue weighted by Gasteiger charge is 2.18. The van der Waals surface area contributed by atoms with Gasteiger partial charge in [0, 0.05) is 16.6 Å². The Labute approximate surface area is 192 Å². The number of benzene rings is 3. The van der Waals surface area contributed by atoms with Gasteiger partial charge in [0.25, 0.3) is 5.91 Å². The van der Waals surface area contributed by atoms with E-state index in [0.29, 0.717) is 17.8 Å². The summed E-state index contributed by atoms with van der Waals surface area (Å²) >= 11 is 3.36. The summed E-state index contributed by atoms with van der Waals surface area (Å²) in [4.78, 5) is 12.5. The summed E-state index contributed by atoms with van der Waals surface area (Å²) in [7, 11) is -3.46. The summed E-state index contributed by atoms with van der Waals surface area (Å²) in [6.45, 7) is 2.80. The van der Waals surface area contributed by atoms with E-state index in [-0.39, 0.29) is 18.4 Å². The Morgan fingerprint density at radius 1 is 0.968 bits per heavy atom. The van der Waals surface area contributed by atoms with Crippen LogP contribution in [0.5, 0.6) is 0 Å². The summed E-state index contributed by atoms with van der Waals surface area (Å²) in [5, 5.41) is 2.96. The number of nitrogens with one attached hydrogen (secondary N) is 1. The van der Waals surface area contributed by atoms with Crippen LogP contribution < -0.4 is 9.62 Å². The Hall–Kier alpha value is -2.64. The number of nitrogens with zero attached hydrogens (tertiary/aromatic N) is 1. The molecule has 0 aliphatic carbocycles. The molecule has 5 nitrogen and oxygen atoms in total. The largest absolute Gasteiger partial charge is 0.351 e. The molecule has 31 heavy (non-hydrogen) atoms. The Morgan fingerprint density at radius 3 is 2.16 bits per heavy atom. The summed E-state index contributed by atoms with van der Waals surface area (Å²) in [5.74, 6) is 0.0564. The van der Waals surface area contributed by atoms with Gasteiger partial charge in [0.15, 0.2) is 0 Å². The second kappa shape index (κ2) is 10.1. The SMILES string of the molecule is C[C@@H](CNC(=O)c1ccc(CN(c2ccc(Br)cc2)S(C)(=O)=O)cc1)c1ccccc1. The second-order valence-electron chi connectivity index (χ2n) is 7.46. The van der Waals surface area contributed by atoms with Crippen molar-refractivity contribution in [3.05, 3.63) is 100 Å². The molecule has 162 valence electrons. The third kappa shape index (κ3) is 6.42. The van der Waals surface area contributed by atoms with Crippen LogP contribution in [0.2, 0.25) is 0 Å². The number of carbonyl (C=O) groups excluding carboxylic acids is 1. The van der Waals surface area contributed by atoms with Crippen molar-refractivity contribution in [3.63, 3.8) is 0 Å². The maximum atomic E-state index is 12.5. The lowest BCUT2D eigenvalue weighted by Gasteiger charge is -2.22. The zero-order chi connectivity index (χ0) is 22.4. The molecule has 3 aromatic carbocycles. The maximum absolute atomic E-state index is 12.5. The molecule has 0 aliphatic rings. The fourth-order valence-corrected chi connectivity index (χ4v) is 4.33. The molecule has 0 heterocycles. The van der Waals surface area contributed by atoms with Gasteiger partial charge in [-0.1, -0.05) is 65.3 Å². The quantitative estimate of drug-likeness (QED) is 0.475. The van der Waals surface area contributed by atoms with E-state index >= 15 is 0 Å². The molecular weight excluding hydrogens is 476 g/mol. The number of hydrogen-bond acceptors (Lipinski definition) is 3. The summed E-state index contributed by atoms with van der Waals surface area (Å²) in [5.41, 5.74) is 3.09. The van der Waals surface area contributed by atoms with Crippen molar-refractivity contribution in [3.8, 4) is 0 Å². The molecule has 0 fully saturated rings. The van der Waals surface area contributed by atoms with Crippen molar-refractivity contribution in [1.29, 1.82) is 0 Å². The normalized spacial score (nSPS) is 12.2. The predicted molar refractivity (Wildman–Crippen MR) is 129 cm³/mol. The minimum atomic E-state index is -3.46. The van der Waals surface area contributed by atoms with Crippen molar-refractivity contribution in [2.75, 3.05) is 17.1 Å². The minimum Gasteiger partial charge on any atom is -0.351 e. The third-order valence-electron chi connectivity index (χ3n) is 4.99. The van der Waals surface area contributed by atoms with Crippen molar-refractivity contribution in [1.82, 2.24) is 5.32 Å². The molecule has 3 aromatic rings. The van der Waals surface area contributed by atoms with Gasteiger partial charge in [0.05, 0.1) is 18.5 Å². The molecule has 1 N–H and O–H groups in total. The standard InChI is InChI=1S/C24H25BrN2O3S/c1-18(20-6-4-3-5-7-20)16-26-24(28)21-10-8-19(9-11-21)17-27(31(2,29)30)23-14-12-22(25)13-15-23/h3-15,18H,16-17H2,1-2H3,(H,26,28)/t18-/m0/s1. The molecule has 0 unspecified atom stereocenters. The van der Waals surface area contributed by atoms with E-state index < -0.39 is 10.0 Å². The van der Waals surface area contributed by atoms with Crippen LogP contribution in [0.4, 0.5) is 5.69 Å². The van der Waals surface area contributed by atoms with Crippen LogP contribution in [0.25, 0.3) is 0 Å². The van der Waals surface area contributed by atoms with Crippen LogP contribution in [0, 0.1) is 0 Å². The first-order valence-electron chi connectivity index (χ1n) is 9.89. The van der Waals surface area contributed by atoms with Gasteiger partial charge in [-0.05, 0) is 53.4 Å². The Bertz CT molecular complexity index is 1120. The lowest BCUT2D eigenvalue weighted by molar-refractivity contribution is 0.0951. The van der Waals surface area contributed by atoms with Crippen LogP contribution in [-0.4, -0.2) is 27.1 Å². The molecule has 1 atom stereocenters. The van der Waals surface area contributed by atoms with Crippen LogP contribution in [0.1, 0.15) is 34.3 Å². The molecule has 0 radical (unpaired) electrons. The molecule has 0 aliphatic heterocycles. The fraction of sp³-hybridized carbons (Fsp3) is 0.208. The molecule has 0 aromatic heterocycles. The van der Waals surface area contributed by atoms with E-state index in [0.717, 1.165) is 10.0 Å². The van der Waals surface area contributed by atoms with Gasteiger partial charge < -0.3 is 5.32 Å². The fourth-order valence-electron chi connectivity index (χ4n) is 3.18. The zero-order valence-electron chi connectivity index (χ0n) is 17.5. The molecule has 1 amide bonds. The van der Waals surface area contributed by atoms with Gasteiger partial charge in [-0.2, -0.15) is 0 Å². The topological polar surface area (TPSA) is 66.5 Å². The van der Waals surface area contributed by atoms with Crippen LogP contribution in [-0.2, 0) is 16.6 Å². The van der Waals surface area contributed by atoms with E-state index in [4.69, 9.17) is 0 Å². The third-order valence-corrected chi connectivity index (χ3v) is 6.66. The Kier molecular flexibility index (Phi) is 7.51. The van der Waals surface area contributed by atoms with Crippen molar-refractivity contribution in [2.45, 2.75) is 19.4 Å². The highest BCUT2D eigenvalue weighted by Crippen LogP contribution is 2.23. The number of anilines is 1. The van der Waals surface area contributed by atoms with Crippen LogP contribution in [0.15, 0.2) is 83.3 Å². The van der Waals surface area contributed by atoms with Gasteiger partial charge in [-0.15, -0.1) is 0 Å². The maximum Gasteiger partial charge on any atom is 0.251 e. The number of halogens is 1. The van der Waals surface area contributed by atoms with Crippen molar-refractivity contribution >= 4 is 37.5 Å². The molecule has 0 saturated heterocycles. The lowest BCUT2D eigenvalue weighted by atomic mass is 10.0. The number of amides is 1. The molecular formula is C24H25BrN2O3S. The lowest BCUT2D eigenvalue weighted by Crippen LogP contribution is -2.29.